The minimum Gasteiger partial charge on any atom is -0.349 e. The van der Waals surface area contributed by atoms with Gasteiger partial charge in [0.05, 0.1) is 4.90 Å². The number of rotatable bonds is 3. The fourth-order valence-electron chi connectivity index (χ4n) is 1.35. The highest BCUT2D eigenvalue weighted by Crippen LogP contribution is 2.22. The van der Waals surface area contributed by atoms with Gasteiger partial charge < -0.3 is 5.32 Å². The van der Waals surface area contributed by atoms with Gasteiger partial charge in [0, 0.05) is 16.1 Å². The van der Waals surface area contributed by atoms with Crippen LogP contribution in [-0.4, -0.2) is 20.4 Å². The second-order valence-electron chi connectivity index (χ2n) is 3.97. The molecule has 0 unspecified atom stereocenters. The van der Waals surface area contributed by atoms with Gasteiger partial charge in [-0.1, -0.05) is 15.9 Å². The summed E-state index contributed by atoms with van der Waals surface area (Å²) in [4.78, 5) is 11.7. The van der Waals surface area contributed by atoms with Crippen LogP contribution in [0.4, 0.5) is 0 Å². The Labute approximate surface area is 108 Å². The molecule has 0 heterocycles. The molecule has 0 radical (unpaired) electrons. The van der Waals surface area contributed by atoms with Crippen LogP contribution < -0.4 is 10.5 Å². The van der Waals surface area contributed by atoms with E-state index in [4.69, 9.17) is 5.14 Å². The second kappa shape index (κ2) is 4.40. The van der Waals surface area contributed by atoms with Crippen LogP contribution in [0.25, 0.3) is 0 Å². The number of nitrogens with two attached hydrogens (primary N) is 1. The standard InChI is InChI=1S/C10H11BrN2O3S/c11-7-3-6(10(14)13-8-1-2-8)4-9(5-7)17(12,15)16/h3-5,8H,1-2H2,(H,13,14)(H2,12,15,16). The van der Waals surface area contributed by atoms with Crippen molar-refractivity contribution in [3.05, 3.63) is 28.2 Å². The number of amides is 1. The Bertz CT molecular complexity index is 567. The Morgan fingerprint density at radius 1 is 1.35 bits per heavy atom. The summed E-state index contributed by atoms with van der Waals surface area (Å²) in [5.74, 6) is -0.279. The van der Waals surface area contributed by atoms with Crippen LogP contribution in [0.15, 0.2) is 27.6 Å². The summed E-state index contributed by atoms with van der Waals surface area (Å²) in [6.45, 7) is 0. The van der Waals surface area contributed by atoms with E-state index in [0.717, 1.165) is 12.8 Å². The summed E-state index contributed by atoms with van der Waals surface area (Å²) < 4.78 is 22.9. The van der Waals surface area contributed by atoms with Crippen LogP contribution in [0.3, 0.4) is 0 Å². The van der Waals surface area contributed by atoms with Crippen molar-refractivity contribution >= 4 is 31.9 Å². The van der Waals surface area contributed by atoms with E-state index in [9.17, 15) is 13.2 Å². The Morgan fingerprint density at radius 2 is 2.00 bits per heavy atom. The van der Waals surface area contributed by atoms with Crippen molar-refractivity contribution in [3.8, 4) is 0 Å². The predicted molar refractivity (Wildman–Crippen MR) is 66.0 cm³/mol. The van der Waals surface area contributed by atoms with Crippen LogP contribution in [-0.2, 0) is 10.0 Å². The predicted octanol–water partition coefficient (Wildman–Crippen LogP) is 0.989. The number of benzene rings is 1. The maximum Gasteiger partial charge on any atom is 0.251 e. The molecule has 0 bridgehead atoms. The highest BCUT2D eigenvalue weighted by atomic mass is 79.9. The fourth-order valence-corrected chi connectivity index (χ4v) is 2.58. The zero-order valence-electron chi connectivity index (χ0n) is 8.81. The third-order valence-electron chi connectivity index (χ3n) is 2.37. The molecule has 1 fully saturated rings. The van der Waals surface area contributed by atoms with E-state index in [-0.39, 0.29) is 22.4 Å². The quantitative estimate of drug-likeness (QED) is 0.870. The molecular formula is C10H11BrN2O3S. The lowest BCUT2D eigenvalue weighted by molar-refractivity contribution is 0.0951. The van der Waals surface area contributed by atoms with Crippen LogP contribution in [0.2, 0.25) is 0 Å². The minimum absolute atomic E-state index is 0.0761. The summed E-state index contributed by atoms with van der Waals surface area (Å²) in [6.07, 6.45) is 1.95. The molecule has 0 atom stereocenters. The molecule has 7 heteroatoms. The van der Waals surface area contributed by atoms with Crippen molar-refractivity contribution in [3.63, 3.8) is 0 Å². The maximum atomic E-state index is 11.8. The molecule has 1 aromatic carbocycles. The molecule has 2 rings (SSSR count). The number of primary sulfonamides is 1. The molecule has 5 nitrogen and oxygen atoms in total. The van der Waals surface area contributed by atoms with E-state index in [1.807, 2.05) is 0 Å². The first-order valence-corrected chi connectivity index (χ1v) is 7.34. The normalized spacial score (nSPS) is 15.6. The average molecular weight is 319 g/mol. The number of carbonyl (C=O) groups excluding carboxylic acids is 1. The third kappa shape index (κ3) is 3.27. The molecule has 92 valence electrons. The average Bonchev–Trinajstić information content (AvgIpc) is 2.99. The summed E-state index contributed by atoms with van der Waals surface area (Å²) in [5, 5.41) is 7.81. The molecule has 17 heavy (non-hydrogen) atoms. The first-order chi connectivity index (χ1) is 7.86. The molecule has 1 aromatic rings. The van der Waals surface area contributed by atoms with Crippen LogP contribution in [0, 0.1) is 0 Å². The van der Waals surface area contributed by atoms with Gasteiger partial charge in [-0.05, 0) is 31.0 Å². The van der Waals surface area contributed by atoms with Gasteiger partial charge in [0.1, 0.15) is 0 Å². The van der Waals surface area contributed by atoms with Crippen molar-refractivity contribution in [2.24, 2.45) is 5.14 Å². The minimum atomic E-state index is -3.80. The summed E-state index contributed by atoms with van der Waals surface area (Å²) in [5.41, 5.74) is 0.287. The zero-order chi connectivity index (χ0) is 12.6. The SMILES string of the molecule is NS(=O)(=O)c1cc(Br)cc(C(=O)NC2CC2)c1. The van der Waals surface area contributed by atoms with Crippen molar-refractivity contribution in [1.82, 2.24) is 5.32 Å². The number of halogens is 1. The topological polar surface area (TPSA) is 89.3 Å². The summed E-state index contributed by atoms with van der Waals surface area (Å²) in [7, 11) is -3.80. The van der Waals surface area contributed by atoms with Crippen LogP contribution >= 0.6 is 15.9 Å². The van der Waals surface area contributed by atoms with Gasteiger partial charge in [-0.15, -0.1) is 0 Å². The van der Waals surface area contributed by atoms with Gasteiger partial charge in [-0.2, -0.15) is 0 Å². The Kier molecular flexibility index (Phi) is 3.24. The third-order valence-corrected chi connectivity index (χ3v) is 3.73. The van der Waals surface area contributed by atoms with E-state index >= 15 is 0 Å². The first-order valence-electron chi connectivity index (χ1n) is 5.00. The number of nitrogens with one attached hydrogen (secondary N) is 1. The van der Waals surface area contributed by atoms with Gasteiger partial charge in [0.15, 0.2) is 0 Å². The number of hydrogen-bond acceptors (Lipinski definition) is 3. The lowest BCUT2D eigenvalue weighted by Crippen LogP contribution is -2.25. The van der Waals surface area contributed by atoms with E-state index in [2.05, 4.69) is 21.2 Å². The Balaban J connectivity index is 2.33. The van der Waals surface area contributed by atoms with E-state index in [1.54, 1.807) is 6.07 Å². The van der Waals surface area contributed by atoms with Crippen LogP contribution in [0.5, 0.6) is 0 Å². The zero-order valence-corrected chi connectivity index (χ0v) is 11.2. The van der Waals surface area contributed by atoms with Gasteiger partial charge in [-0.25, -0.2) is 13.6 Å². The van der Waals surface area contributed by atoms with Gasteiger partial charge in [-0.3, -0.25) is 4.79 Å². The number of carbonyl (C=O) groups is 1. The number of hydrogen-bond donors (Lipinski definition) is 2. The molecule has 1 aliphatic carbocycles. The van der Waals surface area contributed by atoms with E-state index in [0.29, 0.717) is 4.47 Å². The molecule has 0 aliphatic heterocycles. The van der Waals surface area contributed by atoms with Crippen LogP contribution in [0.1, 0.15) is 23.2 Å². The van der Waals surface area contributed by atoms with Crippen molar-refractivity contribution < 1.29 is 13.2 Å². The van der Waals surface area contributed by atoms with Crippen molar-refractivity contribution in [1.29, 1.82) is 0 Å². The Hall–Kier alpha value is -0.920. The Morgan fingerprint density at radius 3 is 2.53 bits per heavy atom. The lowest BCUT2D eigenvalue weighted by atomic mass is 10.2. The molecule has 3 N–H and O–H groups in total. The molecule has 1 amide bonds. The fraction of sp³-hybridized carbons (Fsp3) is 0.300. The molecule has 0 spiro atoms. The molecular weight excluding hydrogens is 308 g/mol. The largest absolute Gasteiger partial charge is 0.349 e. The van der Waals surface area contributed by atoms with Gasteiger partial charge >= 0.3 is 0 Å². The highest BCUT2D eigenvalue weighted by molar-refractivity contribution is 9.10. The monoisotopic (exact) mass is 318 g/mol. The highest BCUT2D eigenvalue weighted by Gasteiger charge is 2.24. The molecule has 0 saturated heterocycles. The summed E-state index contributed by atoms with van der Waals surface area (Å²) >= 11 is 3.16. The smallest absolute Gasteiger partial charge is 0.251 e. The number of sulfonamides is 1. The lowest BCUT2D eigenvalue weighted by Gasteiger charge is -2.06. The first kappa shape index (κ1) is 12.5. The summed E-state index contributed by atoms with van der Waals surface area (Å²) in [6, 6.07) is 4.42. The van der Waals surface area contributed by atoms with Gasteiger partial charge in [0.2, 0.25) is 10.0 Å². The second-order valence-corrected chi connectivity index (χ2v) is 6.45. The van der Waals surface area contributed by atoms with Crippen molar-refractivity contribution in [2.75, 3.05) is 0 Å². The van der Waals surface area contributed by atoms with E-state index < -0.39 is 10.0 Å². The molecule has 1 aliphatic rings. The molecule has 0 aromatic heterocycles. The maximum absolute atomic E-state index is 11.8. The van der Waals surface area contributed by atoms with Gasteiger partial charge in [0.25, 0.3) is 5.91 Å². The van der Waals surface area contributed by atoms with Crippen molar-refractivity contribution in [2.45, 2.75) is 23.8 Å². The molecule has 1 saturated carbocycles. The van der Waals surface area contributed by atoms with E-state index in [1.165, 1.54) is 12.1 Å².